The predicted octanol–water partition coefficient (Wildman–Crippen LogP) is 6.48. The highest BCUT2D eigenvalue weighted by Crippen LogP contribution is 2.36. The number of nitro groups is 1. The van der Waals surface area contributed by atoms with Crippen LogP contribution in [-0.4, -0.2) is 21.0 Å². The normalized spacial score (nSPS) is 14.6. The number of benzene rings is 3. The van der Waals surface area contributed by atoms with Crippen LogP contribution in [0.2, 0.25) is 0 Å². The first kappa shape index (κ1) is 23.7. The Morgan fingerprint density at radius 2 is 1.88 bits per heavy atom. The molecule has 0 aliphatic carbocycles. The minimum absolute atomic E-state index is 0.0194. The number of nitrogens with zero attached hydrogens (tertiary/aromatic N) is 2. The molecule has 0 aromatic heterocycles. The third-order valence-electron chi connectivity index (χ3n) is 5.13. The van der Waals surface area contributed by atoms with Crippen molar-refractivity contribution in [2.45, 2.75) is 20.1 Å². The van der Waals surface area contributed by atoms with Crippen molar-refractivity contribution in [3.63, 3.8) is 0 Å². The van der Waals surface area contributed by atoms with Crippen LogP contribution < -0.4 is 4.74 Å². The highest BCUT2D eigenvalue weighted by Gasteiger charge is 2.35. The van der Waals surface area contributed by atoms with Crippen LogP contribution in [0.3, 0.4) is 0 Å². The van der Waals surface area contributed by atoms with Crippen molar-refractivity contribution in [2.75, 3.05) is 0 Å². The Bertz CT molecular complexity index is 1320. The number of halogens is 1. The number of carbonyl (C=O) groups is 2. The molecule has 0 spiro atoms. The number of carbonyl (C=O) groups excluding carboxylic acids is 2. The van der Waals surface area contributed by atoms with Crippen molar-refractivity contribution in [1.82, 2.24) is 4.90 Å². The Morgan fingerprint density at radius 1 is 1.09 bits per heavy atom. The fourth-order valence-corrected chi connectivity index (χ4v) is 4.71. The highest BCUT2D eigenvalue weighted by atomic mass is 79.9. The number of hydrogen-bond donors (Lipinski definition) is 0. The van der Waals surface area contributed by atoms with Crippen LogP contribution in [0, 0.1) is 17.0 Å². The summed E-state index contributed by atoms with van der Waals surface area (Å²) in [4.78, 5) is 37.9. The van der Waals surface area contributed by atoms with Gasteiger partial charge in [-0.25, -0.2) is 0 Å². The summed E-state index contributed by atoms with van der Waals surface area (Å²) in [6, 6.07) is 19.3. The molecule has 9 heteroatoms. The monoisotopic (exact) mass is 538 g/mol. The largest absolute Gasteiger partial charge is 0.488 e. The van der Waals surface area contributed by atoms with E-state index in [9.17, 15) is 19.7 Å². The van der Waals surface area contributed by atoms with Gasteiger partial charge < -0.3 is 4.74 Å². The van der Waals surface area contributed by atoms with Gasteiger partial charge in [0.25, 0.3) is 16.8 Å². The van der Waals surface area contributed by atoms with Gasteiger partial charge in [0.05, 0.1) is 21.9 Å². The van der Waals surface area contributed by atoms with Crippen molar-refractivity contribution in [3.8, 4) is 5.75 Å². The van der Waals surface area contributed by atoms with Crippen molar-refractivity contribution in [3.05, 3.63) is 108 Å². The lowest BCUT2D eigenvalue weighted by molar-refractivity contribution is -0.385. The summed E-state index contributed by atoms with van der Waals surface area (Å²) >= 11 is 4.29. The number of ether oxygens (including phenoxy) is 1. The van der Waals surface area contributed by atoms with Crippen molar-refractivity contribution in [2.24, 2.45) is 0 Å². The van der Waals surface area contributed by atoms with Gasteiger partial charge in [-0.3, -0.25) is 24.6 Å². The Balaban J connectivity index is 1.57. The van der Waals surface area contributed by atoms with E-state index in [1.807, 2.05) is 31.2 Å². The molecule has 0 bridgehead atoms. The van der Waals surface area contributed by atoms with Crippen LogP contribution in [0.15, 0.2) is 76.1 Å². The number of nitro benzene ring substituents is 1. The number of para-hydroxylation sites is 1. The summed E-state index contributed by atoms with van der Waals surface area (Å²) in [6.45, 7) is 2.13. The van der Waals surface area contributed by atoms with E-state index < -0.39 is 4.92 Å². The smallest absolute Gasteiger partial charge is 0.293 e. The Kier molecular flexibility index (Phi) is 7.14. The third-order valence-corrected chi connectivity index (χ3v) is 6.53. The summed E-state index contributed by atoms with van der Waals surface area (Å²) in [6.07, 6.45) is 1.61. The number of aryl methyl sites for hydroxylation is 1. The summed E-state index contributed by atoms with van der Waals surface area (Å²) < 4.78 is 6.65. The molecule has 0 unspecified atom stereocenters. The fraction of sp³-hybridized carbons (Fsp3) is 0.120. The van der Waals surface area contributed by atoms with Crippen LogP contribution in [0.1, 0.15) is 22.3 Å². The van der Waals surface area contributed by atoms with E-state index in [2.05, 4.69) is 15.9 Å². The molecule has 34 heavy (non-hydrogen) atoms. The Morgan fingerprint density at radius 3 is 2.65 bits per heavy atom. The zero-order valence-electron chi connectivity index (χ0n) is 18.1. The second-order valence-corrected chi connectivity index (χ2v) is 9.52. The van der Waals surface area contributed by atoms with Gasteiger partial charge in [-0.05, 0) is 54.6 Å². The zero-order valence-corrected chi connectivity index (χ0v) is 20.5. The molecule has 1 fully saturated rings. The molecule has 2 amide bonds. The average Bonchev–Trinajstić information content (AvgIpc) is 3.06. The minimum Gasteiger partial charge on any atom is -0.488 e. The van der Waals surface area contributed by atoms with Gasteiger partial charge in [0, 0.05) is 16.1 Å². The van der Waals surface area contributed by atoms with Gasteiger partial charge in [-0.15, -0.1) is 0 Å². The second-order valence-electron chi connectivity index (χ2n) is 7.61. The average molecular weight is 539 g/mol. The topological polar surface area (TPSA) is 89.8 Å². The van der Waals surface area contributed by atoms with Crippen LogP contribution in [0.25, 0.3) is 6.08 Å². The van der Waals surface area contributed by atoms with Crippen molar-refractivity contribution < 1.29 is 19.2 Å². The Labute approximate surface area is 208 Å². The molecular weight excluding hydrogens is 520 g/mol. The van der Waals surface area contributed by atoms with E-state index in [1.165, 1.54) is 11.0 Å². The van der Waals surface area contributed by atoms with Gasteiger partial charge >= 0.3 is 0 Å². The molecule has 1 heterocycles. The van der Waals surface area contributed by atoms with Crippen LogP contribution in [0.4, 0.5) is 10.5 Å². The molecule has 0 saturated carbocycles. The maximum Gasteiger partial charge on any atom is 0.293 e. The molecule has 4 rings (SSSR count). The maximum absolute atomic E-state index is 13.0. The molecule has 0 N–H and O–H groups in total. The van der Waals surface area contributed by atoms with Gasteiger partial charge in [-0.1, -0.05) is 57.9 Å². The molecule has 1 aliphatic rings. The molecule has 172 valence electrons. The first-order chi connectivity index (χ1) is 16.3. The molecule has 1 aliphatic heterocycles. The number of imide groups is 1. The number of hydrogen-bond acceptors (Lipinski definition) is 6. The van der Waals surface area contributed by atoms with E-state index in [-0.39, 0.29) is 34.9 Å². The van der Waals surface area contributed by atoms with Gasteiger partial charge in [0.1, 0.15) is 12.4 Å². The lowest BCUT2D eigenvalue weighted by Gasteiger charge is -2.13. The summed E-state index contributed by atoms with van der Waals surface area (Å²) in [5.74, 6) is 0.0629. The van der Waals surface area contributed by atoms with E-state index in [0.717, 1.165) is 27.4 Å². The van der Waals surface area contributed by atoms with Crippen LogP contribution in [-0.2, 0) is 17.9 Å². The molecule has 3 aromatic rings. The standard InChI is InChI=1S/C25H19BrN2O5S/c1-16-5-4-6-17(11-16)14-27-24(29)23(34-25(27)30)13-19-12-20(26)9-10-22(19)33-15-18-7-2-3-8-21(18)28(31)32/h2-13H,14-15H2,1H3/b23-13-. The fourth-order valence-electron chi connectivity index (χ4n) is 3.50. The second kappa shape index (κ2) is 10.2. The lowest BCUT2D eigenvalue weighted by Crippen LogP contribution is -2.27. The number of amides is 2. The van der Waals surface area contributed by atoms with Crippen molar-refractivity contribution in [1.29, 1.82) is 0 Å². The van der Waals surface area contributed by atoms with Gasteiger partial charge in [-0.2, -0.15) is 0 Å². The SMILES string of the molecule is Cc1cccc(CN2C(=O)S/C(=C\c3cc(Br)ccc3OCc3ccccc3[N+](=O)[O-])C2=O)c1. The Hall–Kier alpha value is -3.43. The molecule has 7 nitrogen and oxygen atoms in total. The summed E-state index contributed by atoms with van der Waals surface area (Å²) in [5, 5.41) is 10.9. The summed E-state index contributed by atoms with van der Waals surface area (Å²) in [7, 11) is 0. The molecule has 3 aromatic carbocycles. The van der Waals surface area contributed by atoms with Gasteiger partial charge in [0.2, 0.25) is 0 Å². The predicted molar refractivity (Wildman–Crippen MR) is 134 cm³/mol. The first-order valence-corrected chi connectivity index (χ1v) is 11.9. The van der Waals surface area contributed by atoms with E-state index in [0.29, 0.717) is 16.9 Å². The molecule has 1 saturated heterocycles. The van der Waals surface area contributed by atoms with Crippen LogP contribution >= 0.6 is 27.7 Å². The quantitative estimate of drug-likeness (QED) is 0.194. The first-order valence-electron chi connectivity index (χ1n) is 10.3. The minimum atomic E-state index is -0.453. The van der Waals surface area contributed by atoms with Crippen LogP contribution in [0.5, 0.6) is 5.75 Å². The molecule has 0 radical (unpaired) electrons. The molecular formula is C25H19BrN2O5S. The number of rotatable bonds is 7. The maximum atomic E-state index is 13.0. The number of thioether (sulfide) groups is 1. The third kappa shape index (κ3) is 5.37. The van der Waals surface area contributed by atoms with E-state index in [4.69, 9.17) is 4.74 Å². The van der Waals surface area contributed by atoms with Gasteiger partial charge in [0.15, 0.2) is 0 Å². The zero-order chi connectivity index (χ0) is 24.2. The molecule has 0 atom stereocenters. The highest BCUT2D eigenvalue weighted by molar-refractivity contribution is 9.10. The lowest BCUT2D eigenvalue weighted by atomic mass is 10.1. The van der Waals surface area contributed by atoms with E-state index in [1.54, 1.807) is 42.5 Å². The summed E-state index contributed by atoms with van der Waals surface area (Å²) in [5.41, 5.74) is 2.90. The van der Waals surface area contributed by atoms with Crippen molar-refractivity contribution >= 4 is 50.6 Å². The van der Waals surface area contributed by atoms with E-state index >= 15 is 0 Å².